The minimum absolute atomic E-state index is 0.884. The summed E-state index contributed by atoms with van der Waals surface area (Å²) in [6.45, 7) is 8.85. The second kappa shape index (κ2) is 8.12. The van der Waals surface area contributed by atoms with Crippen molar-refractivity contribution in [3.63, 3.8) is 0 Å². The standard InChI is InChI=1S/C20H32N2/c1-18-7-5-11-20(17-18)22-15-13-21(14-16-22)12-6-10-19-8-3-2-4-9-19/h2-4,8-9,18,20H,5-7,10-17H2,1H3/t18-,20-/m0/s1. The van der Waals surface area contributed by atoms with Gasteiger partial charge < -0.3 is 4.90 Å². The van der Waals surface area contributed by atoms with Crippen LogP contribution in [0.2, 0.25) is 0 Å². The van der Waals surface area contributed by atoms with Gasteiger partial charge in [0.1, 0.15) is 0 Å². The van der Waals surface area contributed by atoms with E-state index in [4.69, 9.17) is 0 Å². The van der Waals surface area contributed by atoms with Crippen LogP contribution in [0.4, 0.5) is 0 Å². The summed E-state index contributed by atoms with van der Waals surface area (Å²) in [5, 5.41) is 0. The first kappa shape index (κ1) is 16.0. The lowest BCUT2D eigenvalue weighted by molar-refractivity contribution is 0.0686. The third-order valence-electron chi connectivity index (χ3n) is 5.61. The molecule has 1 aliphatic heterocycles. The molecule has 1 aromatic rings. The molecular weight excluding hydrogens is 268 g/mol. The molecule has 2 atom stereocenters. The van der Waals surface area contributed by atoms with Crippen molar-refractivity contribution in [3.05, 3.63) is 35.9 Å². The van der Waals surface area contributed by atoms with Gasteiger partial charge in [-0.1, -0.05) is 50.1 Å². The summed E-state index contributed by atoms with van der Waals surface area (Å²) < 4.78 is 0. The molecule has 2 aliphatic rings. The molecule has 2 fully saturated rings. The number of hydrogen-bond acceptors (Lipinski definition) is 2. The smallest absolute Gasteiger partial charge is 0.0113 e. The Morgan fingerprint density at radius 1 is 1.00 bits per heavy atom. The molecule has 1 saturated carbocycles. The summed E-state index contributed by atoms with van der Waals surface area (Å²) in [7, 11) is 0. The largest absolute Gasteiger partial charge is 0.301 e. The van der Waals surface area contributed by atoms with E-state index < -0.39 is 0 Å². The Morgan fingerprint density at radius 3 is 2.50 bits per heavy atom. The maximum atomic E-state index is 2.78. The molecule has 2 heteroatoms. The van der Waals surface area contributed by atoms with E-state index in [2.05, 4.69) is 47.1 Å². The van der Waals surface area contributed by atoms with E-state index in [-0.39, 0.29) is 0 Å². The van der Waals surface area contributed by atoms with Gasteiger partial charge in [0.05, 0.1) is 0 Å². The van der Waals surface area contributed by atoms with Crippen molar-refractivity contribution >= 4 is 0 Å². The van der Waals surface area contributed by atoms with Crippen LogP contribution >= 0.6 is 0 Å². The van der Waals surface area contributed by atoms with E-state index in [1.807, 2.05) is 0 Å². The molecule has 22 heavy (non-hydrogen) atoms. The van der Waals surface area contributed by atoms with Gasteiger partial charge in [0, 0.05) is 32.2 Å². The highest BCUT2D eigenvalue weighted by Crippen LogP contribution is 2.27. The van der Waals surface area contributed by atoms with Crippen LogP contribution in [-0.2, 0) is 6.42 Å². The number of rotatable bonds is 5. The van der Waals surface area contributed by atoms with Crippen molar-refractivity contribution in [1.82, 2.24) is 9.80 Å². The fourth-order valence-corrected chi connectivity index (χ4v) is 4.24. The van der Waals surface area contributed by atoms with Gasteiger partial charge in [0.25, 0.3) is 0 Å². The Bertz CT molecular complexity index is 423. The van der Waals surface area contributed by atoms with Gasteiger partial charge >= 0.3 is 0 Å². The van der Waals surface area contributed by atoms with Crippen LogP contribution in [0.15, 0.2) is 30.3 Å². The number of aryl methyl sites for hydroxylation is 1. The zero-order valence-electron chi connectivity index (χ0n) is 14.2. The topological polar surface area (TPSA) is 6.48 Å². The van der Waals surface area contributed by atoms with Gasteiger partial charge in [-0.05, 0) is 43.7 Å². The Kier molecular flexibility index (Phi) is 5.91. The highest BCUT2D eigenvalue weighted by molar-refractivity contribution is 5.14. The Hall–Kier alpha value is -0.860. The summed E-state index contributed by atoms with van der Waals surface area (Å²) in [6, 6.07) is 11.8. The summed E-state index contributed by atoms with van der Waals surface area (Å²) >= 11 is 0. The van der Waals surface area contributed by atoms with Crippen LogP contribution in [0.1, 0.15) is 44.6 Å². The predicted molar refractivity (Wildman–Crippen MR) is 94.2 cm³/mol. The first-order valence-corrected chi connectivity index (χ1v) is 9.31. The maximum absolute atomic E-state index is 2.78. The number of piperazine rings is 1. The number of nitrogens with zero attached hydrogens (tertiary/aromatic N) is 2. The molecule has 2 nitrogen and oxygen atoms in total. The molecule has 122 valence electrons. The molecule has 0 spiro atoms. The summed E-state index contributed by atoms with van der Waals surface area (Å²) in [4.78, 5) is 5.45. The first-order valence-electron chi connectivity index (χ1n) is 9.31. The van der Waals surface area contributed by atoms with Crippen LogP contribution in [0.25, 0.3) is 0 Å². The quantitative estimate of drug-likeness (QED) is 0.816. The molecule has 0 bridgehead atoms. The fourth-order valence-electron chi connectivity index (χ4n) is 4.24. The van der Waals surface area contributed by atoms with Gasteiger partial charge in [-0.2, -0.15) is 0 Å². The lowest BCUT2D eigenvalue weighted by atomic mass is 9.86. The van der Waals surface area contributed by atoms with Crippen LogP contribution in [-0.4, -0.2) is 48.6 Å². The van der Waals surface area contributed by atoms with E-state index in [0.717, 1.165) is 12.0 Å². The molecular formula is C20H32N2. The van der Waals surface area contributed by atoms with Crippen molar-refractivity contribution in [3.8, 4) is 0 Å². The van der Waals surface area contributed by atoms with E-state index >= 15 is 0 Å². The molecule has 0 unspecified atom stereocenters. The highest BCUT2D eigenvalue weighted by atomic mass is 15.3. The average molecular weight is 300 g/mol. The van der Waals surface area contributed by atoms with Gasteiger partial charge in [-0.25, -0.2) is 0 Å². The SMILES string of the molecule is C[C@H]1CCC[C@H](N2CCN(CCCc3ccccc3)CC2)C1. The second-order valence-electron chi connectivity index (χ2n) is 7.39. The Balaban J connectivity index is 1.35. The van der Waals surface area contributed by atoms with E-state index in [1.165, 1.54) is 76.8 Å². The summed E-state index contributed by atoms with van der Waals surface area (Å²) in [6.07, 6.45) is 8.30. The van der Waals surface area contributed by atoms with Crippen molar-refractivity contribution in [2.24, 2.45) is 5.92 Å². The van der Waals surface area contributed by atoms with Crippen molar-refractivity contribution in [1.29, 1.82) is 0 Å². The van der Waals surface area contributed by atoms with E-state index in [0.29, 0.717) is 0 Å². The van der Waals surface area contributed by atoms with Crippen LogP contribution in [0.5, 0.6) is 0 Å². The third-order valence-corrected chi connectivity index (χ3v) is 5.61. The lowest BCUT2D eigenvalue weighted by Gasteiger charge is -2.42. The second-order valence-corrected chi connectivity index (χ2v) is 7.39. The van der Waals surface area contributed by atoms with E-state index in [9.17, 15) is 0 Å². The summed E-state index contributed by atoms with van der Waals surface area (Å²) in [5.74, 6) is 0.947. The fraction of sp³-hybridized carbons (Fsp3) is 0.700. The molecule has 0 aromatic heterocycles. The predicted octanol–water partition coefficient (Wildman–Crippen LogP) is 3.82. The molecule has 1 aliphatic carbocycles. The summed E-state index contributed by atoms with van der Waals surface area (Å²) in [5.41, 5.74) is 1.48. The van der Waals surface area contributed by atoms with Crippen LogP contribution in [0.3, 0.4) is 0 Å². The molecule has 0 N–H and O–H groups in total. The first-order chi connectivity index (χ1) is 10.8. The van der Waals surface area contributed by atoms with E-state index in [1.54, 1.807) is 0 Å². The molecule has 1 heterocycles. The monoisotopic (exact) mass is 300 g/mol. The van der Waals surface area contributed by atoms with Crippen LogP contribution in [0, 0.1) is 5.92 Å². The minimum atomic E-state index is 0.884. The van der Waals surface area contributed by atoms with Crippen LogP contribution < -0.4 is 0 Å². The maximum Gasteiger partial charge on any atom is 0.0113 e. The molecule has 1 aromatic carbocycles. The minimum Gasteiger partial charge on any atom is -0.301 e. The number of benzene rings is 1. The van der Waals surface area contributed by atoms with Crippen molar-refractivity contribution in [2.45, 2.75) is 51.5 Å². The normalized spacial score (nSPS) is 27.9. The zero-order valence-corrected chi connectivity index (χ0v) is 14.2. The van der Waals surface area contributed by atoms with Crippen molar-refractivity contribution in [2.75, 3.05) is 32.7 Å². The van der Waals surface area contributed by atoms with Gasteiger partial charge in [0.15, 0.2) is 0 Å². The highest BCUT2D eigenvalue weighted by Gasteiger charge is 2.27. The number of hydrogen-bond donors (Lipinski definition) is 0. The lowest BCUT2D eigenvalue weighted by Crippen LogP contribution is -2.51. The van der Waals surface area contributed by atoms with Gasteiger partial charge in [0.2, 0.25) is 0 Å². The van der Waals surface area contributed by atoms with Gasteiger partial charge in [-0.15, -0.1) is 0 Å². The molecule has 0 radical (unpaired) electrons. The van der Waals surface area contributed by atoms with Crippen molar-refractivity contribution < 1.29 is 0 Å². The molecule has 1 saturated heterocycles. The Morgan fingerprint density at radius 2 is 1.77 bits per heavy atom. The van der Waals surface area contributed by atoms with Gasteiger partial charge in [-0.3, -0.25) is 4.90 Å². The molecule has 3 rings (SSSR count). The third kappa shape index (κ3) is 4.57. The zero-order chi connectivity index (χ0) is 15.2. The average Bonchev–Trinajstić information content (AvgIpc) is 2.56. The Labute approximate surface area is 136 Å². The molecule has 0 amide bonds.